The van der Waals surface area contributed by atoms with E-state index in [9.17, 15) is 9.59 Å². The van der Waals surface area contributed by atoms with Crippen LogP contribution in [0.5, 0.6) is 0 Å². The second-order valence-corrected chi connectivity index (χ2v) is 6.55. The van der Waals surface area contributed by atoms with Gasteiger partial charge in [0, 0.05) is 24.7 Å². The molecule has 2 N–H and O–H groups in total. The second kappa shape index (κ2) is 5.76. The smallest absolute Gasteiger partial charge is 0.245 e. The number of nitrogens with one attached hydrogen (secondary N) is 2. The summed E-state index contributed by atoms with van der Waals surface area (Å²) in [6.07, 6.45) is 0.667. The van der Waals surface area contributed by atoms with E-state index in [1.165, 1.54) is 4.90 Å². The Bertz CT molecular complexity index is 524. The van der Waals surface area contributed by atoms with E-state index < -0.39 is 0 Å². The lowest BCUT2D eigenvalue weighted by atomic mass is 10.1. The summed E-state index contributed by atoms with van der Waals surface area (Å²) in [5.74, 6) is -0.205. The topological polar surface area (TPSA) is 61.4 Å². The van der Waals surface area contributed by atoms with Crippen LogP contribution in [0.25, 0.3) is 0 Å². The number of likely N-dealkylation sites (N-methyl/N-ethyl adjacent to an activating group) is 1. The number of benzene rings is 1. The number of carbonyl (C=O) groups excluding carboxylic acids is 2. The Balaban J connectivity index is 1.91. The first kappa shape index (κ1) is 15.4. The van der Waals surface area contributed by atoms with E-state index in [1.54, 1.807) is 7.05 Å². The molecule has 1 heterocycles. The third kappa shape index (κ3) is 3.97. The van der Waals surface area contributed by atoms with Crippen LogP contribution in [0.2, 0.25) is 0 Å². The molecule has 2 rings (SSSR count). The van der Waals surface area contributed by atoms with Crippen molar-refractivity contribution in [1.29, 1.82) is 0 Å². The van der Waals surface area contributed by atoms with Gasteiger partial charge in [-0.15, -0.1) is 0 Å². The SMILES string of the molecule is CN(CC(=O)NC(C)(C)C)C(=O)[C@@H]1Cc2ccccc2N1. The third-order valence-electron chi connectivity index (χ3n) is 3.34. The molecule has 1 atom stereocenters. The number of carbonyl (C=O) groups is 2. The van der Waals surface area contributed by atoms with Crippen LogP contribution in [0.4, 0.5) is 5.69 Å². The lowest BCUT2D eigenvalue weighted by molar-refractivity contribution is -0.135. The Morgan fingerprint density at radius 2 is 2.00 bits per heavy atom. The highest BCUT2D eigenvalue weighted by atomic mass is 16.2. The zero-order valence-corrected chi connectivity index (χ0v) is 13.1. The lowest BCUT2D eigenvalue weighted by Crippen LogP contribution is -2.48. The maximum Gasteiger partial charge on any atom is 0.245 e. The van der Waals surface area contributed by atoms with Gasteiger partial charge >= 0.3 is 0 Å². The third-order valence-corrected chi connectivity index (χ3v) is 3.34. The number of hydrogen-bond acceptors (Lipinski definition) is 3. The van der Waals surface area contributed by atoms with Gasteiger partial charge in [0.25, 0.3) is 0 Å². The maximum absolute atomic E-state index is 12.4. The molecule has 0 saturated carbocycles. The molecule has 2 amide bonds. The summed E-state index contributed by atoms with van der Waals surface area (Å²) in [7, 11) is 1.66. The molecule has 0 aliphatic carbocycles. The van der Waals surface area contributed by atoms with Crippen molar-refractivity contribution in [3.8, 4) is 0 Å². The Hall–Kier alpha value is -2.04. The van der Waals surface area contributed by atoms with E-state index in [-0.39, 0.29) is 29.9 Å². The van der Waals surface area contributed by atoms with Crippen molar-refractivity contribution in [3.63, 3.8) is 0 Å². The molecule has 0 radical (unpaired) electrons. The number of anilines is 1. The van der Waals surface area contributed by atoms with Crippen LogP contribution < -0.4 is 10.6 Å². The summed E-state index contributed by atoms with van der Waals surface area (Å²) in [5, 5.41) is 6.07. The molecule has 0 bridgehead atoms. The average Bonchev–Trinajstić information content (AvgIpc) is 2.78. The summed E-state index contributed by atoms with van der Waals surface area (Å²) in [4.78, 5) is 25.8. The molecule has 0 unspecified atom stereocenters. The van der Waals surface area contributed by atoms with Gasteiger partial charge in [-0.2, -0.15) is 0 Å². The molecule has 1 aromatic rings. The molecule has 0 aromatic heterocycles. The van der Waals surface area contributed by atoms with Crippen molar-refractivity contribution in [2.24, 2.45) is 0 Å². The summed E-state index contributed by atoms with van der Waals surface area (Å²) in [5.41, 5.74) is 1.86. The minimum atomic E-state index is -0.289. The van der Waals surface area contributed by atoms with Crippen molar-refractivity contribution in [2.45, 2.75) is 38.8 Å². The van der Waals surface area contributed by atoms with E-state index in [2.05, 4.69) is 10.6 Å². The van der Waals surface area contributed by atoms with Crippen molar-refractivity contribution < 1.29 is 9.59 Å². The number of hydrogen-bond donors (Lipinski definition) is 2. The largest absolute Gasteiger partial charge is 0.373 e. The van der Waals surface area contributed by atoms with Crippen LogP contribution in [0.3, 0.4) is 0 Å². The zero-order chi connectivity index (χ0) is 15.6. The van der Waals surface area contributed by atoms with Crippen LogP contribution in [-0.2, 0) is 16.0 Å². The summed E-state index contributed by atoms with van der Waals surface area (Å²) < 4.78 is 0. The van der Waals surface area contributed by atoms with Gasteiger partial charge in [0.15, 0.2) is 0 Å². The van der Waals surface area contributed by atoms with Crippen molar-refractivity contribution in [1.82, 2.24) is 10.2 Å². The molecule has 0 fully saturated rings. The molecule has 1 aromatic carbocycles. The highest BCUT2D eigenvalue weighted by Gasteiger charge is 2.29. The number of para-hydroxylation sites is 1. The number of fused-ring (bicyclic) bond motifs is 1. The van der Waals surface area contributed by atoms with Crippen LogP contribution >= 0.6 is 0 Å². The molecule has 5 heteroatoms. The van der Waals surface area contributed by atoms with Gasteiger partial charge < -0.3 is 15.5 Å². The van der Waals surface area contributed by atoms with Gasteiger partial charge in [-0.25, -0.2) is 0 Å². The normalized spacial score (nSPS) is 16.9. The van der Waals surface area contributed by atoms with E-state index in [0.29, 0.717) is 6.42 Å². The van der Waals surface area contributed by atoms with Gasteiger partial charge in [-0.05, 0) is 32.4 Å². The van der Waals surface area contributed by atoms with Crippen LogP contribution in [0.1, 0.15) is 26.3 Å². The predicted molar refractivity (Wildman–Crippen MR) is 83.1 cm³/mol. The minimum Gasteiger partial charge on any atom is -0.373 e. The fourth-order valence-electron chi connectivity index (χ4n) is 2.46. The van der Waals surface area contributed by atoms with Crippen LogP contribution in [-0.4, -0.2) is 41.9 Å². The van der Waals surface area contributed by atoms with E-state index in [4.69, 9.17) is 0 Å². The van der Waals surface area contributed by atoms with Gasteiger partial charge in [0.2, 0.25) is 11.8 Å². The Morgan fingerprint density at radius 1 is 1.33 bits per heavy atom. The highest BCUT2D eigenvalue weighted by Crippen LogP contribution is 2.25. The van der Waals surface area contributed by atoms with Gasteiger partial charge in [0.05, 0.1) is 6.54 Å². The molecule has 0 saturated heterocycles. The second-order valence-electron chi connectivity index (χ2n) is 6.55. The standard InChI is InChI=1S/C16H23N3O2/c1-16(2,3)18-14(20)10-19(4)15(21)13-9-11-7-5-6-8-12(11)17-13/h5-8,13,17H,9-10H2,1-4H3,(H,18,20)/t13-/m0/s1. The molecule has 114 valence electrons. The first-order chi connectivity index (χ1) is 9.76. The lowest BCUT2D eigenvalue weighted by Gasteiger charge is -2.25. The van der Waals surface area contributed by atoms with E-state index in [1.807, 2.05) is 45.0 Å². The quantitative estimate of drug-likeness (QED) is 0.884. The molecule has 1 aliphatic heterocycles. The van der Waals surface area contributed by atoms with Gasteiger partial charge in [0.1, 0.15) is 6.04 Å². The van der Waals surface area contributed by atoms with Gasteiger partial charge in [-0.3, -0.25) is 9.59 Å². The first-order valence-corrected chi connectivity index (χ1v) is 7.17. The molecular formula is C16H23N3O2. The van der Waals surface area contributed by atoms with Crippen molar-refractivity contribution in [2.75, 3.05) is 18.9 Å². The van der Waals surface area contributed by atoms with Crippen LogP contribution in [0, 0.1) is 0 Å². The minimum absolute atomic E-state index is 0.0599. The first-order valence-electron chi connectivity index (χ1n) is 7.17. The van der Waals surface area contributed by atoms with Gasteiger partial charge in [-0.1, -0.05) is 18.2 Å². The summed E-state index contributed by atoms with van der Waals surface area (Å²) >= 11 is 0. The number of rotatable bonds is 3. The Kier molecular flexibility index (Phi) is 4.21. The predicted octanol–water partition coefficient (Wildman–Crippen LogP) is 1.40. The monoisotopic (exact) mass is 289 g/mol. The molecular weight excluding hydrogens is 266 g/mol. The molecule has 1 aliphatic rings. The Morgan fingerprint density at radius 3 is 2.62 bits per heavy atom. The maximum atomic E-state index is 12.4. The molecule has 0 spiro atoms. The Labute approximate surface area is 125 Å². The van der Waals surface area contributed by atoms with Crippen molar-refractivity contribution in [3.05, 3.63) is 29.8 Å². The highest BCUT2D eigenvalue weighted by molar-refractivity contribution is 5.90. The average molecular weight is 289 g/mol. The summed E-state index contributed by atoms with van der Waals surface area (Å²) in [6, 6.07) is 7.61. The number of amides is 2. The summed E-state index contributed by atoms with van der Waals surface area (Å²) in [6.45, 7) is 5.83. The number of nitrogens with zero attached hydrogens (tertiary/aromatic N) is 1. The van der Waals surface area contributed by atoms with E-state index in [0.717, 1.165) is 11.3 Å². The molecule has 21 heavy (non-hydrogen) atoms. The van der Waals surface area contributed by atoms with Crippen molar-refractivity contribution >= 4 is 17.5 Å². The fourth-order valence-corrected chi connectivity index (χ4v) is 2.46. The zero-order valence-electron chi connectivity index (χ0n) is 13.1. The van der Waals surface area contributed by atoms with E-state index >= 15 is 0 Å². The molecule has 5 nitrogen and oxygen atoms in total. The fraction of sp³-hybridized carbons (Fsp3) is 0.500. The van der Waals surface area contributed by atoms with Crippen LogP contribution in [0.15, 0.2) is 24.3 Å².